The van der Waals surface area contributed by atoms with Crippen molar-refractivity contribution in [2.45, 2.75) is 7.43 Å². The van der Waals surface area contributed by atoms with Crippen molar-refractivity contribution >= 4 is 28.5 Å². The molecule has 3 aromatic carbocycles. The number of ether oxygens (including phenoxy) is 2. The van der Waals surface area contributed by atoms with Crippen molar-refractivity contribution in [1.82, 2.24) is 0 Å². The third-order valence-electron chi connectivity index (χ3n) is 3.42. The van der Waals surface area contributed by atoms with E-state index in [1.165, 1.54) is 31.4 Å². The fourth-order valence-corrected chi connectivity index (χ4v) is 2.17. The molecule has 0 radical (unpaired) electrons. The van der Waals surface area contributed by atoms with Gasteiger partial charge in [0.25, 0.3) is 5.24 Å². The maximum Gasteiger partial charge on any atom is 0.337 e. The smallest absolute Gasteiger partial charge is 0.337 e. The summed E-state index contributed by atoms with van der Waals surface area (Å²) in [4.78, 5) is 21.6. The van der Waals surface area contributed by atoms with Gasteiger partial charge in [-0.25, -0.2) is 4.79 Å². The first-order valence-electron chi connectivity index (χ1n) is 7.97. The summed E-state index contributed by atoms with van der Waals surface area (Å²) < 4.78 is 10.1. The number of carbonyl (C=O) groups excluding carboxylic acids is 2. The third-order valence-corrected chi connectivity index (χ3v) is 3.64. The minimum atomic E-state index is -0.545. The van der Waals surface area contributed by atoms with Crippen LogP contribution in [-0.2, 0) is 4.74 Å². The van der Waals surface area contributed by atoms with Crippen molar-refractivity contribution in [2.24, 2.45) is 0 Å². The van der Waals surface area contributed by atoms with Crippen LogP contribution in [0.25, 0.3) is 0 Å². The van der Waals surface area contributed by atoms with Crippen molar-refractivity contribution in [3.05, 3.63) is 90.0 Å². The first kappa shape index (κ1) is 22.7. The van der Waals surface area contributed by atoms with Gasteiger partial charge < -0.3 is 15.2 Å². The molecule has 0 spiro atoms. The van der Waals surface area contributed by atoms with Crippen LogP contribution in [0.2, 0.25) is 0 Å². The van der Waals surface area contributed by atoms with Crippen molar-refractivity contribution in [1.29, 1.82) is 0 Å². The van der Waals surface area contributed by atoms with E-state index in [9.17, 15) is 9.59 Å². The van der Waals surface area contributed by atoms with E-state index in [1.54, 1.807) is 0 Å². The Labute approximate surface area is 169 Å². The second kappa shape index (κ2) is 11.4. The minimum Gasteiger partial charge on any atom is -0.465 e. The van der Waals surface area contributed by atoms with E-state index in [0.29, 0.717) is 22.6 Å². The Kier molecular flexibility index (Phi) is 9.27. The third kappa shape index (κ3) is 6.78. The zero-order valence-corrected chi connectivity index (χ0v) is 15.3. The van der Waals surface area contributed by atoms with E-state index in [0.717, 1.165) is 5.75 Å². The number of carbonyl (C=O) groups is 2. The molecule has 2 N–H and O–H groups in total. The van der Waals surface area contributed by atoms with Gasteiger partial charge in [0.2, 0.25) is 0 Å². The van der Waals surface area contributed by atoms with Crippen molar-refractivity contribution in [3.8, 4) is 11.5 Å². The first-order valence-corrected chi connectivity index (χ1v) is 8.34. The van der Waals surface area contributed by atoms with Crippen LogP contribution in [0, 0.1) is 0 Å². The highest BCUT2D eigenvalue weighted by molar-refractivity contribution is 6.67. The number of benzene rings is 3. The highest BCUT2D eigenvalue weighted by Gasteiger charge is 2.06. The van der Waals surface area contributed by atoms with Crippen LogP contribution < -0.4 is 10.5 Å². The molecule has 0 atom stereocenters. The normalized spacial score (nSPS) is 9.21. The Morgan fingerprint density at radius 1 is 0.821 bits per heavy atom. The van der Waals surface area contributed by atoms with E-state index in [-0.39, 0.29) is 7.43 Å². The molecule has 0 bridgehead atoms. The largest absolute Gasteiger partial charge is 0.465 e. The summed E-state index contributed by atoms with van der Waals surface area (Å²) in [5.74, 6) is 1.05. The molecular formula is C22H22ClNO4. The number of halogens is 1. The van der Waals surface area contributed by atoms with Crippen LogP contribution in [0.4, 0.5) is 5.69 Å². The molecule has 3 rings (SSSR count). The van der Waals surface area contributed by atoms with Gasteiger partial charge in [0.1, 0.15) is 11.5 Å². The van der Waals surface area contributed by atoms with Crippen molar-refractivity contribution in [2.75, 3.05) is 12.8 Å². The van der Waals surface area contributed by atoms with Gasteiger partial charge in [0.15, 0.2) is 0 Å². The number of hydrogen-bond acceptors (Lipinski definition) is 5. The van der Waals surface area contributed by atoms with E-state index in [2.05, 4.69) is 4.74 Å². The Hall–Kier alpha value is -3.31. The Balaban J connectivity index is 0.000000271. The summed E-state index contributed by atoms with van der Waals surface area (Å²) in [5.41, 5.74) is 7.14. The van der Waals surface area contributed by atoms with E-state index in [1.807, 2.05) is 54.6 Å². The summed E-state index contributed by atoms with van der Waals surface area (Å²) in [6, 6.07) is 23.0. The highest BCUT2D eigenvalue weighted by atomic mass is 35.5. The minimum absolute atomic E-state index is 0. The average Bonchev–Trinajstić information content (AvgIpc) is 2.70. The zero-order chi connectivity index (χ0) is 19.6. The van der Waals surface area contributed by atoms with Gasteiger partial charge in [0, 0.05) is 5.56 Å². The van der Waals surface area contributed by atoms with Crippen LogP contribution in [0.1, 0.15) is 28.1 Å². The first-order chi connectivity index (χ1) is 13.0. The monoisotopic (exact) mass is 399 g/mol. The molecular weight excluding hydrogens is 378 g/mol. The van der Waals surface area contributed by atoms with Gasteiger partial charge >= 0.3 is 5.97 Å². The predicted octanol–water partition coefficient (Wildman–Crippen LogP) is 5.55. The maximum atomic E-state index is 11.0. The average molecular weight is 400 g/mol. The van der Waals surface area contributed by atoms with E-state index >= 15 is 0 Å². The van der Waals surface area contributed by atoms with Crippen LogP contribution in [0.15, 0.2) is 78.9 Å². The second-order valence-corrected chi connectivity index (χ2v) is 5.64. The summed E-state index contributed by atoms with van der Waals surface area (Å²) >= 11 is 5.21. The number of esters is 1. The molecule has 0 aliphatic heterocycles. The molecule has 0 fully saturated rings. The van der Waals surface area contributed by atoms with Crippen molar-refractivity contribution < 1.29 is 19.1 Å². The van der Waals surface area contributed by atoms with E-state index < -0.39 is 11.2 Å². The lowest BCUT2D eigenvalue weighted by atomic mass is 10.1. The van der Waals surface area contributed by atoms with Crippen LogP contribution in [0.5, 0.6) is 11.5 Å². The second-order valence-electron chi connectivity index (χ2n) is 5.30. The molecule has 0 amide bonds. The highest BCUT2D eigenvalue weighted by Crippen LogP contribution is 2.26. The maximum absolute atomic E-state index is 11.0. The van der Waals surface area contributed by atoms with Crippen LogP contribution >= 0.6 is 11.6 Å². The van der Waals surface area contributed by atoms with Gasteiger partial charge in [0.05, 0.1) is 18.4 Å². The van der Waals surface area contributed by atoms with Gasteiger partial charge in [-0.1, -0.05) is 37.8 Å². The Morgan fingerprint density at radius 3 is 1.89 bits per heavy atom. The lowest BCUT2D eigenvalue weighted by Gasteiger charge is -2.07. The SMILES string of the molecule is C.COC(=O)c1ccc(C(=O)Cl)cc1.Nc1ccccc1Oc1ccccc1. The number of para-hydroxylation sites is 3. The lowest BCUT2D eigenvalue weighted by molar-refractivity contribution is 0.0600. The molecule has 0 saturated carbocycles. The van der Waals surface area contributed by atoms with Gasteiger partial charge in [-0.05, 0) is 60.1 Å². The predicted molar refractivity (Wildman–Crippen MR) is 112 cm³/mol. The molecule has 146 valence electrons. The molecule has 0 aliphatic rings. The molecule has 3 aromatic rings. The molecule has 28 heavy (non-hydrogen) atoms. The standard InChI is InChI=1S/C12H11NO.C9H7ClO3.CH4/c13-11-8-4-5-9-12(11)14-10-6-2-1-3-7-10;1-13-9(12)7-4-2-6(3-5-7)8(10)11;/h1-9H,13H2;2-5H,1H3;1H4. The number of rotatable bonds is 4. The summed E-state index contributed by atoms with van der Waals surface area (Å²) in [6.45, 7) is 0. The summed E-state index contributed by atoms with van der Waals surface area (Å²) in [6.07, 6.45) is 0. The van der Waals surface area contributed by atoms with Crippen LogP contribution in [0.3, 0.4) is 0 Å². The number of methoxy groups -OCH3 is 1. The van der Waals surface area contributed by atoms with Gasteiger partial charge in [-0.3, -0.25) is 4.79 Å². The number of anilines is 1. The molecule has 0 saturated heterocycles. The zero-order valence-electron chi connectivity index (χ0n) is 14.6. The molecule has 5 nitrogen and oxygen atoms in total. The van der Waals surface area contributed by atoms with Crippen molar-refractivity contribution in [3.63, 3.8) is 0 Å². The molecule has 0 aliphatic carbocycles. The quantitative estimate of drug-likeness (QED) is 0.353. The van der Waals surface area contributed by atoms with E-state index in [4.69, 9.17) is 22.1 Å². The molecule has 0 unspecified atom stereocenters. The van der Waals surface area contributed by atoms with Gasteiger partial charge in [-0.15, -0.1) is 0 Å². The molecule has 0 aromatic heterocycles. The Morgan fingerprint density at radius 2 is 1.36 bits per heavy atom. The number of nitrogen functional groups attached to an aromatic ring is 1. The topological polar surface area (TPSA) is 78.6 Å². The van der Waals surface area contributed by atoms with Gasteiger partial charge in [-0.2, -0.15) is 0 Å². The summed E-state index contributed by atoms with van der Waals surface area (Å²) in [5, 5.41) is -0.545. The Bertz CT molecular complexity index is 896. The fourth-order valence-electron chi connectivity index (χ4n) is 2.04. The lowest BCUT2D eigenvalue weighted by Crippen LogP contribution is -2.01. The summed E-state index contributed by atoms with van der Waals surface area (Å²) in [7, 11) is 1.29. The molecule has 0 heterocycles. The number of hydrogen-bond donors (Lipinski definition) is 1. The fraction of sp³-hybridized carbons (Fsp3) is 0.0909. The van der Waals surface area contributed by atoms with Crippen LogP contribution in [-0.4, -0.2) is 18.3 Å². The number of nitrogens with two attached hydrogens (primary N) is 1. The molecule has 6 heteroatoms.